The fourth-order valence-corrected chi connectivity index (χ4v) is 3.59. The first-order valence-electron chi connectivity index (χ1n) is 8.97. The highest BCUT2D eigenvalue weighted by Gasteiger charge is 2.20. The van der Waals surface area contributed by atoms with E-state index in [2.05, 4.69) is 16.5 Å². The van der Waals surface area contributed by atoms with Gasteiger partial charge in [-0.3, -0.25) is 13.9 Å². The van der Waals surface area contributed by atoms with E-state index >= 15 is 0 Å². The van der Waals surface area contributed by atoms with Gasteiger partial charge in [0.05, 0.1) is 17.9 Å². The van der Waals surface area contributed by atoms with Crippen molar-refractivity contribution >= 4 is 22.8 Å². The molecule has 0 N–H and O–H groups in total. The molecule has 138 valence electrons. The summed E-state index contributed by atoms with van der Waals surface area (Å²) in [5, 5.41) is 0.603. The molecule has 0 bridgehead atoms. The van der Waals surface area contributed by atoms with Gasteiger partial charge in [0.1, 0.15) is 0 Å². The van der Waals surface area contributed by atoms with E-state index in [4.69, 9.17) is 11.6 Å². The van der Waals surface area contributed by atoms with Gasteiger partial charge in [-0.2, -0.15) is 0 Å². The smallest absolute Gasteiger partial charge is 0.272 e. The average molecular weight is 383 g/mol. The Labute approximate surface area is 160 Å². The van der Waals surface area contributed by atoms with Crippen molar-refractivity contribution in [2.24, 2.45) is 0 Å². The number of fused-ring (bicyclic) bond motifs is 2. The molecule has 0 spiro atoms. The lowest BCUT2D eigenvalue weighted by Gasteiger charge is -2.17. The van der Waals surface area contributed by atoms with Crippen LogP contribution < -0.4 is 11.2 Å². The van der Waals surface area contributed by atoms with Gasteiger partial charge in [0.25, 0.3) is 5.56 Å². The van der Waals surface area contributed by atoms with Crippen molar-refractivity contribution in [3.8, 4) is 0 Å². The van der Waals surface area contributed by atoms with Gasteiger partial charge in [-0.15, -0.1) is 6.58 Å². The second kappa shape index (κ2) is 7.12. The number of aryl methyl sites for hydroxylation is 2. The molecule has 4 rings (SSSR count). The minimum atomic E-state index is -0.411. The van der Waals surface area contributed by atoms with Crippen LogP contribution in [0.3, 0.4) is 0 Å². The van der Waals surface area contributed by atoms with Crippen molar-refractivity contribution in [2.45, 2.75) is 38.8 Å². The Morgan fingerprint density at radius 1 is 1.04 bits per heavy atom. The number of rotatable bonds is 4. The Morgan fingerprint density at radius 2 is 1.70 bits per heavy atom. The Bertz CT molecular complexity index is 1150. The molecular formula is C20H19ClN4O2. The third kappa shape index (κ3) is 3.21. The molecule has 1 aliphatic rings. The zero-order valence-corrected chi connectivity index (χ0v) is 15.6. The van der Waals surface area contributed by atoms with Crippen LogP contribution in [0.1, 0.15) is 29.8 Å². The normalized spacial score (nSPS) is 13.5. The molecule has 3 aromatic rings. The number of halogens is 1. The van der Waals surface area contributed by atoms with Crippen molar-refractivity contribution in [1.82, 2.24) is 19.1 Å². The summed E-state index contributed by atoms with van der Waals surface area (Å²) in [4.78, 5) is 35.3. The largest absolute Gasteiger partial charge is 0.333 e. The van der Waals surface area contributed by atoms with Crippen molar-refractivity contribution in [3.63, 3.8) is 0 Å². The molecule has 6 nitrogen and oxygen atoms in total. The Balaban J connectivity index is 1.95. The lowest BCUT2D eigenvalue weighted by molar-refractivity contribution is 0.618. The lowest BCUT2D eigenvalue weighted by atomic mass is 10.0. The quantitative estimate of drug-likeness (QED) is 0.650. The predicted octanol–water partition coefficient (Wildman–Crippen LogP) is 2.72. The molecule has 0 aliphatic heterocycles. The topological polar surface area (TPSA) is 69.8 Å². The summed E-state index contributed by atoms with van der Waals surface area (Å²) in [5.41, 5.74) is 2.34. The van der Waals surface area contributed by atoms with Crippen LogP contribution in [0.5, 0.6) is 0 Å². The first kappa shape index (κ1) is 17.7. The minimum Gasteiger partial charge on any atom is -0.272 e. The monoisotopic (exact) mass is 382 g/mol. The van der Waals surface area contributed by atoms with Gasteiger partial charge < -0.3 is 0 Å². The van der Waals surface area contributed by atoms with Gasteiger partial charge in [0.2, 0.25) is 0 Å². The lowest BCUT2D eigenvalue weighted by Crippen LogP contribution is -2.41. The van der Waals surface area contributed by atoms with E-state index in [1.165, 1.54) is 9.13 Å². The van der Waals surface area contributed by atoms with Crippen LogP contribution in [-0.4, -0.2) is 19.1 Å². The molecule has 0 saturated carbocycles. The van der Waals surface area contributed by atoms with Crippen molar-refractivity contribution < 1.29 is 0 Å². The summed E-state index contributed by atoms with van der Waals surface area (Å²) in [5.74, 6) is 0. The van der Waals surface area contributed by atoms with E-state index in [-0.39, 0.29) is 18.6 Å². The molecule has 7 heteroatoms. The van der Waals surface area contributed by atoms with Gasteiger partial charge in [0, 0.05) is 11.6 Å². The van der Waals surface area contributed by atoms with E-state index in [0.717, 1.165) is 42.6 Å². The highest BCUT2D eigenvalue weighted by Crippen LogP contribution is 2.19. The van der Waals surface area contributed by atoms with Crippen LogP contribution in [-0.2, 0) is 25.9 Å². The molecule has 1 aliphatic carbocycles. The number of benzene rings is 1. The van der Waals surface area contributed by atoms with Crippen molar-refractivity contribution in [2.75, 3.05) is 0 Å². The Morgan fingerprint density at radius 3 is 2.37 bits per heavy atom. The van der Waals surface area contributed by atoms with E-state index in [1.807, 2.05) is 0 Å². The van der Waals surface area contributed by atoms with Gasteiger partial charge in [0.15, 0.2) is 11.2 Å². The van der Waals surface area contributed by atoms with Crippen LogP contribution in [0.4, 0.5) is 0 Å². The first-order chi connectivity index (χ1) is 13.1. The third-order valence-corrected chi connectivity index (χ3v) is 5.09. The van der Waals surface area contributed by atoms with Gasteiger partial charge in [-0.05, 0) is 43.4 Å². The number of allylic oxidation sites excluding steroid dienone is 1. The fourth-order valence-electron chi connectivity index (χ4n) is 3.47. The molecule has 0 unspecified atom stereocenters. The maximum absolute atomic E-state index is 13.1. The van der Waals surface area contributed by atoms with Crippen molar-refractivity contribution in [1.29, 1.82) is 0 Å². The highest BCUT2D eigenvalue weighted by atomic mass is 35.5. The highest BCUT2D eigenvalue weighted by molar-refractivity contribution is 6.30. The first-order valence-corrected chi connectivity index (χ1v) is 9.35. The van der Waals surface area contributed by atoms with E-state index in [1.54, 1.807) is 30.3 Å². The second-order valence-electron chi connectivity index (χ2n) is 6.70. The maximum Gasteiger partial charge on any atom is 0.333 e. The Kier molecular flexibility index (Phi) is 4.66. The summed E-state index contributed by atoms with van der Waals surface area (Å²) in [6, 6.07) is 7.08. The van der Waals surface area contributed by atoms with Gasteiger partial charge >= 0.3 is 5.69 Å². The van der Waals surface area contributed by atoms with E-state index in [0.29, 0.717) is 10.7 Å². The third-order valence-electron chi connectivity index (χ3n) is 4.84. The predicted molar refractivity (Wildman–Crippen MR) is 105 cm³/mol. The van der Waals surface area contributed by atoms with Gasteiger partial charge in [-0.1, -0.05) is 29.8 Å². The second-order valence-corrected chi connectivity index (χ2v) is 7.13. The molecule has 27 heavy (non-hydrogen) atoms. The molecule has 0 saturated heterocycles. The summed E-state index contributed by atoms with van der Waals surface area (Å²) in [6.45, 7) is 4.15. The van der Waals surface area contributed by atoms with Gasteiger partial charge in [-0.25, -0.2) is 14.8 Å². The number of aromatic nitrogens is 4. The zero-order chi connectivity index (χ0) is 19.0. The Hall–Kier alpha value is -2.73. The van der Waals surface area contributed by atoms with E-state index < -0.39 is 11.2 Å². The van der Waals surface area contributed by atoms with Crippen LogP contribution in [0.15, 0.2) is 46.5 Å². The molecule has 0 atom stereocenters. The number of nitrogens with zero attached hydrogens (tertiary/aromatic N) is 4. The summed E-state index contributed by atoms with van der Waals surface area (Å²) in [7, 11) is 0. The molecule has 1 aromatic carbocycles. The molecular weight excluding hydrogens is 364 g/mol. The standard InChI is InChI=1S/C20H19ClN4O2/c1-2-11-24-18-17(22-15-5-3-4-6-16(15)23-18)19(26)25(20(24)27)12-13-7-9-14(21)10-8-13/h2,7-10H,1,3-6,11-12H2. The SMILES string of the molecule is C=CCn1c(=O)n(Cc2ccc(Cl)cc2)c(=O)c2nc3c(nc21)CCCC3. The minimum absolute atomic E-state index is 0.153. The van der Waals surface area contributed by atoms with Crippen LogP contribution in [0, 0.1) is 0 Å². The van der Waals surface area contributed by atoms with E-state index in [9.17, 15) is 9.59 Å². The van der Waals surface area contributed by atoms with Crippen LogP contribution in [0.2, 0.25) is 5.02 Å². The van der Waals surface area contributed by atoms with Crippen LogP contribution >= 0.6 is 11.6 Å². The molecule has 0 radical (unpaired) electrons. The average Bonchev–Trinajstić information content (AvgIpc) is 2.69. The van der Waals surface area contributed by atoms with Crippen LogP contribution in [0.25, 0.3) is 11.2 Å². The zero-order valence-electron chi connectivity index (χ0n) is 14.8. The molecule has 0 fully saturated rings. The molecule has 2 heterocycles. The maximum atomic E-state index is 13.1. The fraction of sp³-hybridized carbons (Fsp3) is 0.300. The summed E-state index contributed by atoms with van der Waals surface area (Å²) < 4.78 is 2.68. The summed E-state index contributed by atoms with van der Waals surface area (Å²) >= 11 is 5.93. The molecule has 0 amide bonds. The number of hydrogen-bond acceptors (Lipinski definition) is 4. The molecule has 2 aromatic heterocycles. The number of hydrogen-bond donors (Lipinski definition) is 0. The summed E-state index contributed by atoms with van der Waals surface area (Å²) in [6.07, 6.45) is 5.36. The van der Waals surface area contributed by atoms with Crippen molar-refractivity contribution in [3.05, 3.63) is 79.7 Å².